The quantitative estimate of drug-likeness (QED) is 0.109. The van der Waals surface area contributed by atoms with Gasteiger partial charge in [-0.15, -0.1) is 34.0 Å². The van der Waals surface area contributed by atoms with Crippen molar-refractivity contribution in [1.82, 2.24) is 54.1 Å². The Hall–Kier alpha value is -8.79. The predicted molar refractivity (Wildman–Crippen MR) is 346 cm³/mol. The highest BCUT2D eigenvalue weighted by Gasteiger charge is 2.19. The van der Waals surface area contributed by atoms with Crippen molar-refractivity contribution in [3.63, 3.8) is 0 Å². The number of benzene rings is 6. The van der Waals surface area contributed by atoms with Crippen LogP contribution < -0.4 is 4.90 Å². The van der Waals surface area contributed by atoms with Crippen molar-refractivity contribution < 1.29 is 14.7 Å². The molecule has 430 valence electrons. The van der Waals surface area contributed by atoms with Gasteiger partial charge < -0.3 is 10.0 Å². The summed E-state index contributed by atoms with van der Waals surface area (Å²) in [6.07, 6.45) is 23.8. The molecule has 8 heterocycles. The van der Waals surface area contributed by atoms with Crippen LogP contribution in [0.2, 0.25) is 8.93 Å². The lowest BCUT2D eigenvalue weighted by Gasteiger charge is -2.28. The molecule has 0 radical (unpaired) electrons. The maximum absolute atomic E-state index is 10.5. The predicted octanol–water partition coefficient (Wildman–Crippen LogP) is 15.1. The number of nitrogens with zero attached hydrogens (tertiary/aromatic N) is 12. The molecule has 0 bridgehead atoms. The summed E-state index contributed by atoms with van der Waals surface area (Å²) in [5, 5.41) is 28.2. The third kappa shape index (κ3) is 17.0. The SMILES string of the molecule is Clc1ncc(Cc2cccc(-n3cccn3)c2)s1.O=Cc1cccc(-n2cccn2)c1.O=Cc1cccc(Br)c1.OC(c1cccc(-n2cccn2)c1)c1cnc(Cl)s1.c1cc(Cc2cnc(N3CCc4ccccc4C3)s2)cc(-n2cccn2)c1. The number of aromatic nitrogens is 11. The minimum absolute atomic E-state index is 0.428. The van der Waals surface area contributed by atoms with E-state index in [-0.39, 0.29) is 0 Å². The molecule has 7 aromatic heterocycles. The lowest BCUT2D eigenvalue weighted by Crippen LogP contribution is -2.30. The number of carbonyl (C=O) groups is 2. The number of carbonyl (C=O) groups excluding carboxylic acids is 2. The normalized spacial score (nSPS) is 11.7. The van der Waals surface area contributed by atoms with Gasteiger partial charge in [-0.1, -0.05) is 124 Å². The monoisotopic (exact) mass is 1290 g/mol. The van der Waals surface area contributed by atoms with Crippen molar-refractivity contribution in [1.29, 1.82) is 0 Å². The van der Waals surface area contributed by atoms with E-state index in [0.29, 0.717) is 20.1 Å². The summed E-state index contributed by atoms with van der Waals surface area (Å²) in [6, 6.07) is 55.2. The Morgan fingerprint density at radius 1 is 0.512 bits per heavy atom. The molecule has 0 saturated carbocycles. The Morgan fingerprint density at radius 2 is 1.00 bits per heavy atom. The number of halogens is 3. The van der Waals surface area contributed by atoms with Gasteiger partial charge in [-0.3, -0.25) is 9.59 Å². The summed E-state index contributed by atoms with van der Waals surface area (Å²) in [5.41, 5.74) is 11.5. The summed E-state index contributed by atoms with van der Waals surface area (Å²) >= 11 is 19.5. The van der Waals surface area contributed by atoms with Crippen LogP contribution in [0.25, 0.3) is 22.7 Å². The standard InChI is InChI=1S/C22H20N4S.C13H10ClN3OS.C13H10ClN3S.C10H8N2O.C7H5BrO/c1-2-7-19-16-25(12-9-18(19)6-1)22-23-15-21(27-22)14-17-5-3-8-20(13-17)26-11-4-10-24-26;14-13-15-8-11(19-13)12(18)9-3-1-4-10(7-9)17-6-2-5-16-17;14-13-15-9-12(18-13)8-10-3-1-4-11(7-10)17-6-2-5-16-17;13-8-9-3-1-4-10(7-9)12-6-2-5-11-12;8-7-3-1-2-6(4-7)5-9/h1-8,10-11,13,15H,9,12,14,16H2;1-8,12,18H;1-7,9H,8H2;1-8H;1-5H. The number of fused-ring (bicyclic) bond motifs is 1. The molecule has 0 saturated heterocycles. The highest BCUT2D eigenvalue weighted by Crippen LogP contribution is 2.32. The van der Waals surface area contributed by atoms with Gasteiger partial charge in [0.25, 0.3) is 0 Å². The van der Waals surface area contributed by atoms with Crippen LogP contribution in [0.1, 0.15) is 69.3 Å². The second kappa shape index (κ2) is 30.3. The molecule has 1 atom stereocenters. The Kier molecular flexibility index (Phi) is 21.3. The van der Waals surface area contributed by atoms with Gasteiger partial charge in [0.15, 0.2) is 14.1 Å². The molecule has 0 spiro atoms. The van der Waals surface area contributed by atoms with E-state index in [0.717, 1.165) is 92.6 Å². The minimum atomic E-state index is -0.722. The van der Waals surface area contributed by atoms with Gasteiger partial charge in [0, 0.05) is 119 Å². The number of hydrogen-bond acceptors (Lipinski definition) is 14. The Labute approximate surface area is 526 Å². The fourth-order valence-electron chi connectivity index (χ4n) is 8.97. The highest BCUT2D eigenvalue weighted by molar-refractivity contribution is 9.10. The molecule has 1 unspecified atom stereocenters. The molecule has 15 nitrogen and oxygen atoms in total. The van der Waals surface area contributed by atoms with Crippen molar-refractivity contribution in [2.75, 3.05) is 11.4 Å². The molecule has 13 aromatic rings. The molecule has 6 aromatic carbocycles. The number of hydrogen-bond donors (Lipinski definition) is 1. The van der Waals surface area contributed by atoms with Gasteiger partial charge in [0.05, 0.1) is 27.6 Å². The first-order valence-electron chi connectivity index (χ1n) is 26.8. The fraction of sp³-hybridized carbons (Fsp3) is 0.0923. The van der Waals surface area contributed by atoms with E-state index in [1.165, 1.54) is 49.8 Å². The molecule has 1 aliphatic rings. The number of thiazole rings is 3. The largest absolute Gasteiger partial charge is 0.383 e. The zero-order valence-electron chi connectivity index (χ0n) is 45.8. The van der Waals surface area contributed by atoms with Crippen LogP contribution in [0.15, 0.2) is 242 Å². The molecule has 21 heteroatoms. The number of rotatable bonds is 13. The summed E-state index contributed by atoms with van der Waals surface area (Å²) in [5.74, 6) is 0. The second-order valence-corrected chi connectivity index (χ2v) is 24.4. The number of aldehydes is 2. The first-order chi connectivity index (χ1) is 42.1. The van der Waals surface area contributed by atoms with E-state index in [1.807, 2.05) is 131 Å². The molecular weight excluding hydrogens is 1240 g/mol. The molecular formula is C65H53BrCl2N12O3S3. The first-order valence-corrected chi connectivity index (χ1v) is 30.8. The first kappa shape index (κ1) is 60.3. The lowest BCUT2D eigenvalue weighted by molar-refractivity contribution is 0.111. The number of anilines is 1. The summed E-state index contributed by atoms with van der Waals surface area (Å²) < 4.78 is 9.16. The summed E-state index contributed by atoms with van der Waals surface area (Å²) in [6.45, 7) is 2.00. The van der Waals surface area contributed by atoms with E-state index in [2.05, 4.69) is 112 Å². The number of aliphatic hydroxyl groups is 1. The smallest absolute Gasteiger partial charge is 0.185 e. The molecule has 0 amide bonds. The Morgan fingerprint density at radius 3 is 1.51 bits per heavy atom. The van der Waals surface area contributed by atoms with Gasteiger partial charge in [0.1, 0.15) is 18.7 Å². The van der Waals surface area contributed by atoms with Crippen LogP contribution in [0, 0.1) is 0 Å². The molecule has 0 aliphatic carbocycles. The van der Waals surface area contributed by atoms with Crippen molar-refractivity contribution in [2.24, 2.45) is 0 Å². The van der Waals surface area contributed by atoms with Crippen LogP contribution in [-0.4, -0.2) is 78.3 Å². The van der Waals surface area contributed by atoms with Crippen LogP contribution in [-0.2, 0) is 25.8 Å². The van der Waals surface area contributed by atoms with Crippen molar-refractivity contribution in [3.05, 3.63) is 305 Å². The highest BCUT2D eigenvalue weighted by atomic mass is 79.9. The third-order valence-corrected chi connectivity index (χ3v) is 16.9. The third-order valence-electron chi connectivity index (χ3n) is 13.1. The minimum Gasteiger partial charge on any atom is -0.383 e. The lowest BCUT2D eigenvalue weighted by atomic mass is 10.0. The van der Waals surface area contributed by atoms with Crippen molar-refractivity contribution in [3.8, 4) is 22.7 Å². The molecule has 14 rings (SSSR count). The summed E-state index contributed by atoms with van der Waals surface area (Å²) in [4.78, 5) is 38.9. The van der Waals surface area contributed by atoms with Crippen molar-refractivity contribution >= 4 is 90.8 Å². The van der Waals surface area contributed by atoms with Crippen LogP contribution >= 0.6 is 73.1 Å². The molecule has 0 fully saturated rings. The van der Waals surface area contributed by atoms with E-state index >= 15 is 0 Å². The van der Waals surface area contributed by atoms with Gasteiger partial charge in [0.2, 0.25) is 0 Å². The van der Waals surface area contributed by atoms with Gasteiger partial charge >= 0.3 is 0 Å². The zero-order chi connectivity index (χ0) is 59.5. The van der Waals surface area contributed by atoms with Gasteiger partial charge in [-0.05, 0) is 119 Å². The van der Waals surface area contributed by atoms with Crippen LogP contribution in [0.3, 0.4) is 0 Å². The second-order valence-electron chi connectivity index (χ2n) is 19.0. The van der Waals surface area contributed by atoms with Crippen molar-refractivity contribution in [2.45, 2.75) is 31.9 Å². The van der Waals surface area contributed by atoms with Gasteiger partial charge in [-0.25, -0.2) is 33.7 Å². The van der Waals surface area contributed by atoms with Crippen LogP contribution in [0.5, 0.6) is 0 Å². The van der Waals surface area contributed by atoms with E-state index in [9.17, 15) is 14.7 Å². The zero-order valence-corrected chi connectivity index (χ0v) is 51.3. The number of aliphatic hydroxyl groups excluding tert-OH is 1. The Bertz CT molecular complexity index is 4210. The topological polar surface area (TPSA) is 168 Å². The fourth-order valence-corrected chi connectivity index (χ4v) is 12.3. The van der Waals surface area contributed by atoms with E-state index in [4.69, 9.17) is 28.2 Å². The Balaban J connectivity index is 0.000000125. The van der Waals surface area contributed by atoms with E-state index in [1.54, 1.807) is 76.0 Å². The molecule has 1 N–H and O–H groups in total. The summed E-state index contributed by atoms with van der Waals surface area (Å²) in [7, 11) is 0. The average Bonchev–Trinajstić information content (AvgIpc) is 4.56. The molecule has 86 heavy (non-hydrogen) atoms. The van der Waals surface area contributed by atoms with E-state index < -0.39 is 6.10 Å². The maximum atomic E-state index is 10.5. The molecule has 1 aliphatic heterocycles. The van der Waals surface area contributed by atoms with Crippen LogP contribution in [0.4, 0.5) is 5.13 Å². The van der Waals surface area contributed by atoms with Gasteiger partial charge in [-0.2, -0.15) is 20.4 Å². The maximum Gasteiger partial charge on any atom is 0.185 e. The average molecular weight is 1300 g/mol.